The quantitative estimate of drug-likeness (QED) is 0.790. The van der Waals surface area contributed by atoms with Gasteiger partial charge in [0.1, 0.15) is 19.3 Å². The molecule has 1 N–H and O–H groups in total. The van der Waals surface area contributed by atoms with Crippen LogP contribution < -0.4 is 14.8 Å². The molecule has 2 aliphatic heterocycles. The number of hydrogen-bond donors (Lipinski definition) is 1. The van der Waals surface area contributed by atoms with E-state index in [1.54, 1.807) is 23.1 Å². The zero-order chi connectivity index (χ0) is 19.5. The van der Waals surface area contributed by atoms with Crippen molar-refractivity contribution >= 4 is 29.3 Å². The molecule has 2 aromatic rings. The van der Waals surface area contributed by atoms with Crippen molar-refractivity contribution in [3.8, 4) is 11.5 Å². The van der Waals surface area contributed by atoms with Crippen LogP contribution in [0.1, 0.15) is 29.8 Å². The van der Waals surface area contributed by atoms with Crippen molar-refractivity contribution < 1.29 is 23.5 Å². The maximum Gasteiger partial charge on any atom is 0.290 e. The Morgan fingerprint density at radius 2 is 1.96 bits per heavy atom. The SMILES string of the molecule is CSc1cc2c(cc1NC(=O)C1CCCCN1C(=O)c1ccco1)OCCO2. The van der Waals surface area contributed by atoms with Crippen LogP contribution in [-0.4, -0.2) is 48.8 Å². The summed E-state index contributed by atoms with van der Waals surface area (Å²) in [5, 5.41) is 2.99. The smallest absolute Gasteiger partial charge is 0.290 e. The van der Waals surface area contributed by atoms with E-state index in [4.69, 9.17) is 13.9 Å². The number of carbonyl (C=O) groups excluding carboxylic acids is 2. The van der Waals surface area contributed by atoms with Crippen molar-refractivity contribution in [2.75, 3.05) is 31.3 Å². The van der Waals surface area contributed by atoms with Gasteiger partial charge < -0.3 is 24.1 Å². The number of amides is 2. The molecule has 2 aliphatic rings. The van der Waals surface area contributed by atoms with Gasteiger partial charge in [-0.3, -0.25) is 9.59 Å². The zero-order valence-electron chi connectivity index (χ0n) is 15.6. The number of nitrogens with zero attached hydrogens (tertiary/aromatic N) is 1. The molecule has 1 unspecified atom stereocenters. The Morgan fingerprint density at radius 3 is 2.68 bits per heavy atom. The minimum absolute atomic E-state index is 0.202. The summed E-state index contributed by atoms with van der Waals surface area (Å²) in [5.74, 6) is 1.10. The number of hydrogen-bond acceptors (Lipinski definition) is 6. The molecule has 1 aromatic heterocycles. The second kappa shape index (κ2) is 8.18. The van der Waals surface area contributed by atoms with Gasteiger partial charge in [-0.2, -0.15) is 0 Å². The molecule has 28 heavy (non-hydrogen) atoms. The topological polar surface area (TPSA) is 81.0 Å². The second-order valence-corrected chi connectivity index (χ2v) is 7.52. The largest absolute Gasteiger partial charge is 0.486 e. The zero-order valence-corrected chi connectivity index (χ0v) is 16.4. The number of likely N-dealkylation sites (tertiary alicyclic amines) is 1. The van der Waals surface area contributed by atoms with Crippen LogP contribution in [-0.2, 0) is 4.79 Å². The fourth-order valence-electron chi connectivity index (χ4n) is 3.54. The lowest BCUT2D eigenvalue weighted by molar-refractivity contribution is -0.121. The van der Waals surface area contributed by atoms with E-state index in [0.717, 1.165) is 17.7 Å². The average molecular weight is 402 g/mol. The van der Waals surface area contributed by atoms with Gasteiger partial charge in [-0.25, -0.2) is 0 Å². The molecule has 0 bridgehead atoms. The third-order valence-corrected chi connectivity index (χ3v) is 5.70. The normalized spacial score (nSPS) is 18.6. The van der Waals surface area contributed by atoms with E-state index in [1.807, 2.05) is 12.3 Å². The summed E-state index contributed by atoms with van der Waals surface area (Å²) in [5.41, 5.74) is 0.665. The first-order chi connectivity index (χ1) is 13.7. The molecular weight excluding hydrogens is 380 g/mol. The van der Waals surface area contributed by atoms with Crippen LogP contribution in [0.5, 0.6) is 11.5 Å². The lowest BCUT2D eigenvalue weighted by atomic mass is 10.0. The molecule has 0 saturated carbocycles. The van der Waals surface area contributed by atoms with Gasteiger partial charge in [0.2, 0.25) is 5.91 Å². The molecule has 4 rings (SSSR count). The van der Waals surface area contributed by atoms with Crippen molar-refractivity contribution in [2.24, 2.45) is 0 Å². The number of carbonyl (C=O) groups is 2. The third kappa shape index (κ3) is 3.69. The molecule has 1 atom stereocenters. The van der Waals surface area contributed by atoms with Gasteiger partial charge in [-0.15, -0.1) is 11.8 Å². The predicted molar refractivity (Wildman–Crippen MR) is 105 cm³/mol. The van der Waals surface area contributed by atoms with E-state index < -0.39 is 6.04 Å². The van der Waals surface area contributed by atoms with Crippen LogP contribution in [0.25, 0.3) is 0 Å². The molecular formula is C20H22N2O5S. The molecule has 2 amide bonds. The molecule has 0 spiro atoms. The first-order valence-electron chi connectivity index (χ1n) is 9.30. The minimum atomic E-state index is -0.533. The molecule has 7 nitrogen and oxygen atoms in total. The number of ether oxygens (including phenoxy) is 2. The fourth-order valence-corrected chi connectivity index (χ4v) is 4.10. The molecule has 1 aromatic carbocycles. The van der Waals surface area contributed by atoms with Gasteiger partial charge in [0.25, 0.3) is 5.91 Å². The maximum atomic E-state index is 13.1. The minimum Gasteiger partial charge on any atom is -0.486 e. The molecule has 1 saturated heterocycles. The van der Waals surface area contributed by atoms with E-state index in [-0.39, 0.29) is 17.6 Å². The Bertz CT molecular complexity index is 868. The first-order valence-corrected chi connectivity index (χ1v) is 10.5. The number of nitrogens with one attached hydrogen (secondary N) is 1. The van der Waals surface area contributed by atoms with Gasteiger partial charge in [0, 0.05) is 17.5 Å². The Morgan fingerprint density at radius 1 is 1.18 bits per heavy atom. The number of fused-ring (bicyclic) bond motifs is 1. The first kappa shape index (κ1) is 18.7. The highest BCUT2D eigenvalue weighted by Gasteiger charge is 2.34. The van der Waals surface area contributed by atoms with Crippen molar-refractivity contribution in [2.45, 2.75) is 30.2 Å². The highest BCUT2D eigenvalue weighted by Crippen LogP contribution is 2.39. The van der Waals surface area contributed by atoms with Crippen LogP contribution in [0, 0.1) is 0 Å². The van der Waals surface area contributed by atoms with Crippen molar-refractivity contribution in [3.63, 3.8) is 0 Å². The summed E-state index contributed by atoms with van der Waals surface area (Å²) < 4.78 is 16.5. The Labute approximate surface area is 167 Å². The monoisotopic (exact) mass is 402 g/mol. The second-order valence-electron chi connectivity index (χ2n) is 6.67. The highest BCUT2D eigenvalue weighted by molar-refractivity contribution is 7.98. The van der Waals surface area contributed by atoms with Crippen LogP contribution in [0.3, 0.4) is 0 Å². The number of furan rings is 1. The Balaban J connectivity index is 1.55. The summed E-state index contributed by atoms with van der Waals surface area (Å²) in [6.07, 6.45) is 5.80. The van der Waals surface area contributed by atoms with Crippen LogP contribution in [0.4, 0.5) is 5.69 Å². The lowest BCUT2D eigenvalue weighted by Gasteiger charge is -2.34. The number of rotatable bonds is 4. The summed E-state index contributed by atoms with van der Waals surface area (Å²) in [6, 6.07) is 6.43. The Hall–Kier alpha value is -2.61. The highest BCUT2D eigenvalue weighted by atomic mass is 32.2. The molecule has 8 heteroatoms. The summed E-state index contributed by atoms with van der Waals surface area (Å²) in [7, 11) is 0. The molecule has 148 valence electrons. The van der Waals surface area contributed by atoms with Gasteiger partial charge in [0.15, 0.2) is 17.3 Å². The summed E-state index contributed by atoms with van der Waals surface area (Å²) in [6.45, 7) is 1.53. The standard InChI is InChI=1S/C20H22N2O5S/c1-28-18-12-17-16(26-9-10-27-17)11-13(18)21-19(23)14-5-2-3-7-22(14)20(24)15-6-4-8-25-15/h4,6,8,11-12,14H,2-3,5,7,9-10H2,1H3,(H,21,23). The van der Waals surface area contributed by atoms with E-state index in [0.29, 0.717) is 43.4 Å². The lowest BCUT2D eigenvalue weighted by Crippen LogP contribution is -2.50. The maximum absolute atomic E-state index is 13.1. The third-order valence-electron chi connectivity index (χ3n) is 4.92. The van der Waals surface area contributed by atoms with Gasteiger partial charge in [-0.1, -0.05) is 0 Å². The number of thioether (sulfide) groups is 1. The van der Waals surface area contributed by atoms with Gasteiger partial charge >= 0.3 is 0 Å². The molecule has 0 aliphatic carbocycles. The molecule has 0 radical (unpaired) electrons. The summed E-state index contributed by atoms with van der Waals surface area (Å²) >= 11 is 1.52. The number of anilines is 1. The Kier molecular flexibility index (Phi) is 5.47. The number of piperidine rings is 1. The van der Waals surface area contributed by atoms with Gasteiger partial charge in [0.05, 0.1) is 12.0 Å². The van der Waals surface area contributed by atoms with E-state index >= 15 is 0 Å². The predicted octanol–water partition coefficient (Wildman–Crippen LogP) is 3.41. The van der Waals surface area contributed by atoms with Crippen LogP contribution >= 0.6 is 11.8 Å². The average Bonchev–Trinajstić information content (AvgIpc) is 3.27. The molecule has 1 fully saturated rings. The molecule has 3 heterocycles. The van der Waals surface area contributed by atoms with E-state index in [1.165, 1.54) is 18.0 Å². The van der Waals surface area contributed by atoms with Crippen LogP contribution in [0.2, 0.25) is 0 Å². The fraction of sp³-hybridized carbons (Fsp3) is 0.400. The van der Waals surface area contributed by atoms with E-state index in [2.05, 4.69) is 5.32 Å². The van der Waals surface area contributed by atoms with Crippen LogP contribution in [0.15, 0.2) is 39.8 Å². The number of benzene rings is 1. The van der Waals surface area contributed by atoms with Crippen molar-refractivity contribution in [1.29, 1.82) is 0 Å². The van der Waals surface area contributed by atoms with E-state index in [9.17, 15) is 9.59 Å². The summed E-state index contributed by atoms with van der Waals surface area (Å²) in [4.78, 5) is 28.3. The van der Waals surface area contributed by atoms with Gasteiger partial charge in [-0.05, 0) is 43.7 Å². The van der Waals surface area contributed by atoms with Crippen molar-refractivity contribution in [1.82, 2.24) is 4.90 Å². The van der Waals surface area contributed by atoms with Crippen molar-refractivity contribution in [3.05, 3.63) is 36.3 Å².